The predicted octanol–water partition coefficient (Wildman–Crippen LogP) is 5.17. The largest absolute Gasteiger partial charge is 0.451 e. The molecule has 0 radical (unpaired) electrons. The van der Waals surface area contributed by atoms with Crippen LogP contribution in [-0.2, 0) is 18.6 Å². The van der Waals surface area contributed by atoms with Gasteiger partial charge in [0.2, 0.25) is 0 Å². The van der Waals surface area contributed by atoms with Crippen LogP contribution in [0, 0.1) is 11.6 Å². The van der Waals surface area contributed by atoms with Gasteiger partial charge in [0.05, 0.1) is 5.60 Å². The highest BCUT2D eigenvalue weighted by Crippen LogP contribution is 2.35. The van der Waals surface area contributed by atoms with Crippen LogP contribution in [0.4, 0.5) is 8.78 Å². The molecule has 0 saturated carbocycles. The first-order chi connectivity index (χ1) is 17.4. The first kappa shape index (κ1) is 24.2. The van der Waals surface area contributed by atoms with E-state index in [-0.39, 0.29) is 23.3 Å². The number of furan rings is 1. The summed E-state index contributed by atoms with van der Waals surface area (Å²) in [6.07, 6.45) is 1.70. The molecule has 0 aliphatic carbocycles. The summed E-state index contributed by atoms with van der Waals surface area (Å²) >= 11 is 0. The van der Waals surface area contributed by atoms with Gasteiger partial charge in [-0.25, -0.2) is 8.78 Å². The van der Waals surface area contributed by atoms with Gasteiger partial charge in [-0.2, -0.15) is 0 Å². The topological polar surface area (TPSA) is 65.7 Å². The number of likely N-dealkylation sites (tertiary alicyclic amines) is 1. The highest BCUT2D eigenvalue weighted by molar-refractivity contribution is 5.96. The van der Waals surface area contributed by atoms with Crippen molar-refractivity contribution in [3.05, 3.63) is 107 Å². The van der Waals surface area contributed by atoms with E-state index in [9.17, 15) is 18.7 Å². The zero-order valence-corrected chi connectivity index (χ0v) is 19.8. The van der Waals surface area contributed by atoms with Crippen molar-refractivity contribution in [1.82, 2.24) is 10.2 Å². The molecular formula is C29H28F2N2O3. The van der Waals surface area contributed by atoms with E-state index in [1.165, 1.54) is 18.2 Å². The fraction of sp³-hybridized carbons (Fsp3) is 0.276. The number of nitrogens with zero attached hydrogens (tertiary/aromatic N) is 1. The average molecular weight is 491 g/mol. The summed E-state index contributed by atoms with van der Waals surface area (Å²) in [6.45, 7) is 2.43. The fourth-order valence-electron chi connectivity index (χ4n) is 4.77. The maximum Gasteiger partial charge on any atom is 0.287 e. The number of fused-ring (bicyclic) bond motifs is 1. The van der Waals surface area contributed by atoms with Crippen molar-refractivity contribution in [3.8, 4) is 0 Å². The Morgan fingerprint density at radius 1 is 0.944 bits per heavy atom. The van der Waals surface area contributed by atoms with Crippen molar-refractivity contribution < 1.29 is 23.1 Å². The van der Waals surface area contributed by atoms with Gasteiger partial charge < -0.3 is 14.8 Å². The number of nitrogens with one attached hydrogen (secondary N) is 1. The molecule has 36 heavy (non-hydrogen) atoms. The van der Waals surface area contributed by atoms with Crippen LogP contribution in [0.15, 0.2) is 77.2 Å². The lowest BCUT2D eigenvalue weighted by atomic mass is 9.84. The zero-order valence-electron chi connectivity index (χ0n) is 19.8. The van der Waals surface area contributed by atoms with E-state index in [2.05, 4.69) is 10.2 Å². The number of benzene rings is 3. The Labute approximate surface area is 208 Å². The summed E-state index contributed by atoms with van der Waals surface area (Å²) < 4.78 is 32.3. The SMILES string of the molecule is O=C(NCCc1ccc(F)cc1)c1cc2cc(C3(O)CCN(Cc4cccc(F)c4)CC3)ccc2o1. The van der Waals surface area contributed by atoms with Crippen molar-refractivity contribution in [3.63, 3.8) is 0 Å². The smallest absolute Gasteiger partial charge is 0.287 e. The molecule has 1 amide bonds. The zero-order chi connectivity index (χ0) is 25.1. The van der Waals surface area contributed by atoms with E-state index in [1.54, 1.807) is 36.4 Å². The summed E-state index contributed by atoms with van der Waals surface area (Å²) in [5, 5.41) is 15.0. The Morgan fingerprint density at radius 3 is 2.47 bits per heavy atom. The molecule has 0 atom stereocenters. The molecular weight excluding hydrogens is 462 g/mol. The Balaban J connectivity index is 1.20. The van der Waals surface area contributed by atoms with Gasteiger partial charge in [-0.05, 0) is 78.4 Å². The second-order valence-electron chi connectivity index (χ2n) is 9.43. The molecule has 1 fully saturated rings. The maximum absolute atomic E-state index is 13.5. The number of carbonyl (C=O) groups is 1. The summed E-state index contributed by atoms with van der Waals surface area (Å²) in [7, 11) is 0. The van der Waals surface area contributed by atoms with E-state index in [0.717, 1.165) is 22.1 Å². The molecule has 1 aliphatic heterocycles. The Morgan fingerprint density at radius 2 is 1.72 bits per heavy atom. The minimum atomic E-state index is -0.971. The Hall–Kier alpha value is -3.55. The monoisotopic (exact) mass is 490 g/mol. The second kappa shape index (κ2) is 10.2. The number of halogens is 2. The predicted molar refractivity (Wildman–Crippen MR) is 133 cm³/mol. The van der Waals surface area contributed by atoms with Crippen LogP contribution >= 0.6 is 0 Å². The molecule has 1 aliphatic rings. The van der Waals surface area contributed by atoms with E-state index >= 15 is 0 Å². The van der Waals surface area contributed by atoms with Gasteiger partial charge in [-0.15, -0.1) is 0 Å². The third-order valence-electron chi connectivity index (χ3n) is 6.87. The molecule has 7 heteroatoms. The second-order valence-corrected chi connectivity index (χ2v) is 9.43. The molecule has 3 aromatic carbocycles. The summed E-state index contributed by atoms with van der Waals surface area (Å²) in [6, 6.07) is 20.0. The first-order valence-corrected chi connectivity index (χ1v) is 12.1. The van der Waals surface area contributed by atoms with Gasteiger partial charge in [-0.1, -0.05) is 30.3 Å². The molecule has 186 valence electrons. The molecule has 2 N–H and O–H groups in total. The van der Waals surface area contributed by atoms with Crippen LogP contribution < -0.4 is 5.32 Å². The molecule has 0 spiro atoms. The standard InChI is InChI=1S/C29H28F2N2O3/c30-24-7-4-20(5-8-24)10-13-32-28(34)27-18-22-17-23(6-9-26(22)36-27)29(35)11-14-33(15-12-29)19-21-2-1-3-25(31)16-21/h1-9,16-18,35H,10-15,19H2,(H,32,34). The van der Waals surface area contributed by atoms with Gasteiger partial charge >= 0.3 is 0 Å². The number of amides is 1. The fourth-order valence-corrected chi connectivity index (χ4v) is 4.77. The van der Waals surface area contributed by atoms with Gasteiger partial charge in [0.25, 0.3) is 5.91 Å². The average Bonchev–Trinajstić information content (AvgIpc) is 3.31. The highest BCUT2D eigenvalue weighted by atomic mass is 19.1. The molecule has 1 saturated heterocycles. The first-order valence-electron chi connectivity index (χ1n) is 12.1. The number of hydrogen-bond acceptors (Lipinski definition) is 4. The molecule has 0 bridgehead atoms. The van der Waals surface area contributed by atoms with Gasteiger partial charge in [0.1, 0.15) is 17.2 Å². The van der Waals surface area contributed by atoms with Crippen molar-refractivity contribution in [2.24, 2.45) is 0 Å². The number of aliphatic hydroxyl groups is 1. The van der Waals surface area contributed by atoms with Crippen LogP contribution in [0.3, 0.4) is 0 Å². The van der Waals surface area contributed by atoms with E-state index in [4.69, 9.17) is 4.42 Å². The normalized spacial score (nSPS) is 15.8. The number of carbonyl (C=O) groups excluding carboxylic acids is 1. The van der Waals surface area contributed by atoms with E-state index in [0.29, 0.717) is 51.0 Å². The minimum Gasteiger partial charge on any atom is -0.451 e. The van der Waals surface area contributed by atoms with E-state index < -0.39 is 5.60 Å². The summed E-state index contributed by atoms with van der Waals surface area (Å²) in [4.78, 5) is 14.8. The number of rotatable bonds is 7. The summed E-state index contributed by atoms with van der Waals surface area (Å²) in [5.41, 5.74) is 2.26. The van der Waals surface area contributed by atoms with Crippen LogP contribution in [0.1, 0.15) is 40.1 Å². The number of hydrogen-bond donors (Lipinski definition) is 2. The number of piperidine rings is 1. The lowest BCUT2D eigenvalue weighted by Crippen LogP contribution is -2.42. The van der Waals surface area contributed by atoms with Gasteiger partial charge in [0.15, 0.2) is 5.76 Å². The van der Waals surface area contributed by atoms with Crippen molar-refractivity contribution in [2.75, 3.05) is 19.6 Å². The third kappa shape index (κ3) is 5.48. The van der Waals surface area contributed by atoms with Crippen LogP contribution in [0.25, 0.3) is 11.0 Å². The highest BCUT2D eigenvalue weighted by Gasteiger charge is 2.34. The Bertz CT molecular complexity index is 1360. The van der Waals surface area contributed by atoms with Gasteiger partial charge in [-0.3, -0.25) is 9.69 Å². The molecule has 4 aromatic rings. The quantitative estimate of drug-likeness (QED) is 0.375. The van der Waals surface area contributed by atoms with Crippen LogP contribution in [0.5, 0.6) is 0 Å². The lowest BCUT2D eigenvalue weighted by molar-refractivity contribution is -0.0276. The van der Waals surface area contributed by atoms with Crippen molar-refractivity contribution in [2.45, 2.75) is 31.4 Å². The molecule has 5 rings (SSSR count). The minimum absolute atomic E-state index is 0.207. The van der Waals surface area contributed by atoms with E-state index in [1.807, 2.05) is 18.2 Å². The summed E-state index contributed by atoms with van der Waals surface area (Å²) in [5.74, 6) is -0.642. The molecule has 2 heterocycles. The van der Waals surface area contributed by atoms with Crippen molar-refractivity contribution >= 4 is 16.9 Å². The van der Waals surface area contributed by atoms with Gasteiger partial charge in [0, 0.05) is 31.6 Å². The Kier molecular flexibility index (Phi) is 6.85. The lowest BCUT2D eigenvalue weighted by Gasteiger charge is -2.38. The van der Waals surface area contributed by atoms with Crippen LogP contribution in [-0.4, -0.2) is 35.5 Å². The van der Waals surface area contributed by atoms with Crippen LogP contribution in [0.2, 0.25) is 0 Å². The molecule has 5 nitrogen and oxygen atoms in total. The maximum atomic E-state index is 13.5. The molecule has 1 aromatic heterocycles. The van der Waals surface area contributed by atoms with Crippen molar-refractivity contribution in [1.29, 1.82) is 0 Å². The molecule has 0 unspecified atom stereocenters. The third-order valence-corrected chi connectivity index (χ3v) is 6.87.